The Bertz CT molecular complexity index is 1140. The maximum absolute atomic E-state index is 13.4. The minimum Gasteiger partial charge on any atom is -0.480 e. The van der Waals surface area contributed by atoms with Crippen LogP contribution in [0.1, 0.15) is 63.4 Å². The van der Waals surface area contributed by atoms with Gasteiger partial charge in [0.05, 0.1) is 6.04 Å². The molecule has 0 saturated carbocycles. The number of aliphatic carboxylic acids is 1. The van der Waals surface area contributed by atoms with Gasteiger partial charge in [-0.25, -0.2) is 4.79 Å². The third kappa shape index (κ3) is 11.4. The average Bonchev–Trinajstić information content (AvgIpc) is 3.38. The lowest BCUT2D eigenvalue weighted by atomic mass is 10.0. The Hall–Kier alpha value is -3.52. The molecule has 0 saturated heterocycles. The fraction of sp³-hybridized carbons (Fsp3) is 0.586. The minimum atomic E-state index is -1.22. The summed E-state index contributed by atoms with van der Waals surface area (Å²) in [5.41, 5.74) is 24.4. The van der Waals surface area contributed by atoms with Crippen LogP contribution in [0.25, 0.3) is 10.9 Å². The normalized spacial score (nSPS) is 14.1. The molecule has 0 aliphatic rings. The number of hydrogen-bond acceptors (Lipinski definition) is 8. The number of carboxylic acid groups (broad SMARTS) is 1. The first-order valence-electron chi connectivity index (χ1n) is 14.8. The summed E-state index contributed by atoms with van der Waals surface area (Å²) in [5.74, 6) is -2.84. The molecule has 13 N–H and O–H groups in total. The topological polar surface area (TPSA) is 244 Å². The van der Waals surface area contributed by atoms with Crippen molar-refractivity contribution in [2.75, 3.05) is 19.6 Å². The summed E-state index contributed by atoms with van der Waals surface area (Å²) in [6, 6.07) is 3.49. The Morgan fingerprint density at radius 2 is 1.21 bits per heavy atom. The maximum atomic E-state index is 13.4. The number of hydrogen-bond donors (Lipinski definition) is 9. The predicted molar refractivity (Wildman–Crippen MR) is 162 cm³/mol. The maximum Gasteiger partial charge on any atom is 0.326 e. The second kappa shape index (κ2) is 18.8. The molecule has 0 bridgehead atoms. The van der Waals surface area contributed by atoms with Crippen LogP contribution in [0.15, 0.2) is 30.5 Å². The monoisotopic (exact) mass is 588 g/mol. The third-order valence-corrected chi connectivity index (χ3v) is 7.18. The number of carboxylic acids is 1. The second-order valence-corrected chi connectivity index (χ2v) is 10.5. The molecule has 0 fully saturated rings. The van der Waals surface area contributed by atoms with Gasteiger partial charge in [-0.15, -0.1) is 0 Å². The van der Waals surface area contributed by atoms with Crippen LogP contribution in [0.3, 0.4) is 0 Å². The third-order valence-electron chi connectivity index (χ3n) is 7.18. The van der Waals surface area contributed by atoms with E-state index in [0.717, 1.165) is 22.9 Å². The first-order valence-corrected chi connectivity index (χ1v) is 14.8. The molecule has 3 amide bonds. The van der Waals surface area contributed by atoms with E-state index in [0.29, 0.717) is 64.6 Å². The highest BCUT2D eigenvalue weighted by atomic mass is 16.4. The number of amides is 3. The van der Waals surface area contributed by atoms with Gasteiger partial charge in [-0.05, 0) is 82.6 Å². The van der Waals surface area contributed by atoms with E-state index in [1.807, 2.05) is 24.3 Å². The van der Waals surface area contributed by atoms with Gasteiger partial charge in [0, 0.05) is 23.5 Å². The Kier molecular flexibility index (Phi) is 15.5. The van der Waals surface area contributed by atoms with Crippen molar-refractivity contribution in [3.8, 4) is 0 Å². The SMILES string of the molecule is NCCCCC(N)C(=O)NC(CCCCN)C(=O)NC(CCCCN)C(=O)NC(Cc1c[nH]c2ccccc12)C(=O)O. The fourth-order valence-corrected chi connectivity index (χ4v) is 4.71. The Morgan fingerprint density at radius 1 is 0.714 bits per heavy atom. The molecular formula is C29H48N8O5. The number of para-hydroxylation sites is 1. The van der Waals surface area contributed by atoms with Gasteiger partial charge < -0.3 is 49.0 Å². The highest BCUT2D eigenvalue weighted by Crippen LogP contribution is 2.19. The van der Waals surface area contributed by atoms with E-state index in [1.165, 1.54) is 0 Å². The van der Waals surface area contributed by atoms with Gasteiger partial charge in [0.2, 0.25) is 17.7 Å². The van der Waals surface area contributed by atoms with Crippen molar-refractivity contribution >= 4 is 34.6 Å². The molecular weight excluding hydrogens is 540 g/mol. The van der Waals surface area contributed by atoms with Crippen LogP contribution >= 0.6 is 0 Å². The number of carbonyl (C=O) groups is 4. The quantitative estimate of drug-likeness (QED) is 0.0887. The molecule has 42 heavy (non-hydrogen) atoms. The van der Waals surface area contributed by atoms with Crippen molar-refractivity contribution < 1.29 is 24.3 Å². The Morgan fingerprint density at radius 3 is 1.76 bits per heavy atom. The minimum absolute atomic E-state index is 0.0500. The molecule has 1 aromatic carbocycles. The van der Waals surface area contributed by atoms with E-state index in [2.05, 4.69) is 20.9 Å². The van der Waals surface area contributed by atoms with Gasteiger partial charge in [0.25, 0.3) is 0 Å². The van der Waals surface area contributed by atoms with Crippen molar-refractivity contribution in [1.29, 1.82) is 0 Å². The lowest BCUT2D eigenvalue weighted by molar-refractivity contribution is -0.142. The predicted octanol–water partition coefficient (Wildman–Crippen LogP) is -0.0363. The number of carbonyl (C=O) groups excluding carboxylic acids is 3. The number of benzene rings is 1. The summed E-state index contributed by atoms with van der Waals surface area (Å²) >= 11 is 0. The van der Waals surface area contributed by atoms with E-state index >= 15 is 0 Å². The van der Waals surface area contributed by atoms with Gasteiger partial charge in [0.1, 0.15) is 18.1 Å². The standard InChI is InChI=1S/C29H48N8O5/c30-14-6-3-10-21(33)26(38)35-23(12-4-7-15-31)27(39)36-24(13-5-8-16-32)28(40)37-25(29(41)42)17-19-18-34-22-11-2-1-9-20(19)22/h1-2,9,11,18,21,23-25,34H,3-8,10,12-17,30-33H2,(H,35,38)(H,36,39)(H,37,40)(H,41,42). The number of aromatic nitrogens is 1. The van der Waals surface area contributed by atoms with Crippen LogP contribution in [-0.2, 0) is 25.6 Å². The molecule has 4 atom stereocenters. The molecule has 2 aromatic rings. The van der Waals surface area contributed by atoms with Crippen LogP contribution < -0.4 is 38.9 Å². The molecule has 1 heterocycles. The first-order chi connectivity index (χ1) is 20.2. The van der Waals surface area contributed by atoms with Gasteiger partial charge in [-0.3, -0.25) is 14.4 Å². The summed E-state index contributed by atoms with van der Waals surface area (Å²) in [7, 11) is 0. The van der Waals surface area contributed by atoms with Crippen molar-refractivity contribution in [3.05, 3.63) is 36.0 Å². The zero-order valence-electron chi connectivity index (χ0n) is 24.3. The van der Waals surface area contributed by atoms with E-state index in [4.69, 9.17) is 22.9 Å². The van der Waals surface area contributed by atoms with Crippen molar-refractivity contribution in [1.82, 2.24) is 20.9 Å². The van der Waals surface area contributed by atoms with Crippen molar-refractivity contribution in [2.45, 2.75) is 88.4 Å². The molecule has 0 radical (unpaired) electrons. The van der Waals surface area contributed by atoms with E-state index in [-0.39, 0.29) is 12.8 Å². The smallest absolute Gasteiger partial charge is 0.326 e. The highest BCUT2D eigenvalue weighted by Gasteiger charge is 2.30. The number of unbranched alkanes of at least 4 members (excludes halogenated alkanes) is 3. The Labute approximate surface area is 246 Å². The van der Waals surface area contributed by atoms with Gasteiger partial charge in [0.15, 0.2) is 0 Å². The van der Waals surface area contributed by atoms with Gasteiger partial charge >= 0.3 is 5.97 Å². The summed E-state index contributed by atoms with van der Waals surface area (Å²) in [5, 5.41) is 18.8. The fourth-order valence-electron chi connectivity index (χ4n) is 4.71. The summed E-state index contributed by atoms with van der Waals surface area (Å²) in [6.07, 6.45) is 6.55. The number of aromatic amines is 1. The van der Waals surface area contributed by atoms with Gasteiger partial charge in [-0.1, -0.05) is 24.6 Å². The zero-order chi connectivity index (χ0) is 30.9. The lowest BCUT2D eigenvalue weighted by Gasteiger charge is -2.25. The number of nitrogens with one attached hydrogen (secondary N) is 4. The van der Waals surface area contributed by atoms with Crippen molar-refractivity contribution in [3.63, 3.8) is 0 Å². The van der Waals surface area contributed by atoms with Crippen LogP contribution in [0.2, 0.25) is 0 Å². The molecule has 1 aromatic heterocycles. The lowest BCUT2D eigenvalue weighted by Crippen LogP contribution is -2.57. The number of fused-ring (bicyclic) bond motifs is 1. The van der Waals surface area contributed by atoms with Crippen LogP contribution in [0, 0.1) is 0 Å². The van der Waals surface area contributed by atoms with Gasteiger partial charge in [-0.2, -0.15) is 0 Å². The van der Waals surface area contributed by atoms with E-state index < -0.39 is 47.9 Å². The number of H-pyrrole nitrogens is 1. The van der Waals surface area contributed by atoms with E-state index in [1.54, 1.807) is 6.20 Å². The molecule has 2 rings (SSSR count). The Balaban J connectivity index is 2.15. The summed E-state index contributed by atoms with van der Waals surface area (Å²) in [6.45, 7) is 1.33. The molecule has 0 spiro atoms. The zero-order valence-corrected chi connectivity index (χ0v) is 24.3. The summed E-state index contributed by atoms with van der Waals surface area (Å²) < 4.78 is 0. The molecule has 0 aliphatic heterocycles. The highest BCUT2D eigenvalue weighted by molar-refractivity contribution is 5.94. The molecule has 13 nitrogen and oxygen atoms in total. The first kappa shape index (κ1) is 34.7. The molecule has 4 unspecified atom stereocenters. The molecule has 0 aliphatic carbocycles. The molecule has 13 heteroatoms. The average molecular weight is 589 g/mol. The number of nitrogens with two attached hydrogens (primary N) is 4. The molecule has 234 valence electrons. The largest absolute Gasteiger partial charge is 0.480 e. The summed E-state index contributed by atoms with van der Waals surface area (Å²) in [4.78, 5) is 54.8. The van der Waals surface area contributed by atoms with E-state index in [9.17, 15) is 24.3 Å². The van der Waals surface area contributed by atoms with Crippen LogP contribution in [-0.4, -0.2) is 77.6 Å². The number of rotatable bonds is 21. The van der Waals surface area contributed by atoms with Crippen LogP contribution in [0.5, 0.6) is 0 Å². The second-order valence-electron chi connectivity index (χ2n) is 10.5. The van der Waals surface area contributed by atoms with Crippen molar-refractivity contribution in [2.24, 2.45) is 22.9 Å². The van der Waals surface area contributed by atoms with Crippen LogP contribution in [0.4, 0.5) is 0 Å².